The lowest BCUT2D eigenvalue weighted by Gasteiger charge is -2.18. The zero-order valence-corrected chi connectivity index (χ0v) is 14.0. The van der Waals surface area contributed by atoms with Crippen molar-refractivity contribution in [1.82, 2.24) is 15.5 Å². The number of nitrogens with one attached hydrogen (secondary N) is 2. The van der Waals surface area contributed by atoms with Gasteiger partial charge in [-0.15, -0.1) is 16.8 Å². The average molecular weight is 347 g/mol. The summed E-state index contributed by atoms with van der Waals surface area (Å²) in [7, 11) is -0.206. The molecule has 9 heteroatoms. The van der Waals surface area contributed by atoms with Crippen LogP contribution in [0.4, 0.5) is 0 Å². The number of amides is 1. The second-order valence-electron chi connectivity index (χ2n) is 4.70. The third-order valence-electron chi connectivity index (χ3n) is 3.05. The van der Waals surface area contributed by atoms with E-state index in [-0.39, 0.29) is 29.8 Å². The van der Waals surface area contributed by atoms with Gasteiger partial charge in [-0.25, -0.2) is 0 Å². The van der Waals surface area contributed by atoms with Crippen LogP contribution in [0.1, 0.15) is 5.56 Å². The highest BCUT2D eigenvalue weighted by Gasteiger charge is 2.30. The molecule has 22 heavy (non-hydrogen) atoms. The lowest BCUT2D eigenvalue weighted by Crippen LogP contribution is -2.40. The number of fused-ring (bicyclic) bond motifs is 1. The molecule has 2 rings (SSSR count). The van der Waals surface area contributed by atoms with Crippen molar-refractivity contribution in [3.8, 4) is 0 Å². The molecule has 1 aliphatic heterocycles. The first-order valence-electron chi connectivity index (χ1n) is 6.52. The molecule has 0 bridgehead atoms. The van der Waals surface area contributed by atoms with Crippen LogP contribution < -0.4 is 10.6 Å². The molecule has 1 aromatic carbocycles. The van der Waals surface area contributed by atoms with Crippen LogP contribution >= 0.6 is 12.4 Å². The van der Waals surface area contributed by atoms with Crippen molar-refractivity contribution in [1.29, 1.82) is 0 Å². The van der Waals surface area contributed by atoms with E-state index in [1.807, 2.05) is 0 Å². The van der Waals surface area contributed by atoms with Gasteiger partial charge in [0.05, 0.1) is 6.54 Å². The van der Waals surface area contributed by atoms with E-state index in [4.69, 9.17) is 0 Å². The fourth-order valence-corrected chi connectivity index (χ4v) is 3.29. The first-order valence-corrected chi connectivity index (χ1v) is 7.96. The maximum atomic E-state index is 11.9. The average Bonchev–Trinajstić information content (AvgIpc) is 2.72. The number of benzene rings is 1. The molecule has 0 saturated carbocycles. The highest BCUT2D eigenvalue weighted by atomic mass is 35.5. The Morgan fingerprint density at radius 1 is 1.27 bits per heavy atom. The van der Waals surface area contributed by atoms with Crippen LogP contribution in [0.15, 0.2) is 33.6 Å². The van der Waals surface area contributed by atoms with E-state index in [2.05, 4.69) is 15.0 Å². The number of rotatable bonds is 5. The van der Waals surface area contributed by atoms with Crippen molar-refractivity contribution in [3.63, 3.8) is 0 Å². The fourth-order valence-electron chi connectivity index (χ4n) is 2.04. The van der Waals surface area contributed by atoms with Gasteiger partial charge in [0.15, 0.2) is 5.84 Å². The molecule has 1 amide bonds. The topological polar surface area (TPSA) is 90.9 Å². The third-order valence-corrected chi connectivity index (χ3v) is 4.38. The van der Waals surface area contributed by atoms with Gasteiger partial charge in [-0.2, -0.15) is 8.42 Å². The standard InChI is InChI=1S/C13H18N4O3S.ClH/c1-14-7-8-15-12(18)9-17(2)13-10-5-3-4-6-11(10)21(19,20)16-13;/h3-6,14H,7-9H2,1-2H3,(H,15,18);1H. The largest absolute Gasteiger partial charge is 0.353 e. The van der Waals surface area contributed by atoms with E-state index >= 15 is 0 Å². The Kier molecular flexibility index (Phi) is 6.34. The Morgan fingerprint density at radius 2 is 1.95 bits per heavy atom. The quantitative estimate of drug-likeness (QED) is 0.722. The van der Waals surface area contributed by atoms with Gasteiger partial charge in [-0.1, -0.05) is 12.1 Å². The number of carbonyl (C=O) groups is 1. The summed E-state index contributed by atoms with van der Waals surface area (Å²) in [6.07, 6.45) is 0. The molecule has 0 saturated heterocycles. The molecule has 0 radical (unpaired) electrons. The van der Waals surface area contributed by atoms with E-state index in [1.165, 1.54) is 11.0 Å². The normalized spacial score (nSPS) is 14.5. The molecule has 2 N–H and O–H groups in total. The SMILES string of the molecule is CNCCNC(=O)CN(C)C1=NS(=O)(=O)c2ccccc21.Cl. The number of likely N-dealkylation sites (N-methyl/N-ethyl adjacent to an activating group) is 2. The predicted molar refractivity (Wildman–Crippen MR) is 87.0 cm³/mol. The maximum absolute atomic E-state index is 11.9. The molecule has 0 unspecified atom stereocenters. The summed E-state index contributed by atoms with van der Waals surface area (Å²) >= 11 is 0. The van der Waals surface area contributed by atoms with Crippen molar-refractivity contribution in [2.45, 2.75) is 4.90 Å². The third kappa shape index (κ3) is 3.96. The Morgan fingerprint density at radius 3 is 2.64 bits per heavy atom. The Bertz CT molecular complexity index is 676. The van der Waals surface area contributed by atoms with Crippen LogP contribution in [0, 0.1) is 0 Å². The van der Waals surface area contributed by atoms with E-state index in [0.717, 1.165) is 0 Å². The minimum Gasteiger partial charge on any atom is -0.353 e. The molecule has 0 atom stereocenters. The van der Waals surface area contributed by atoms with Gasteiger partial charge in [0.25, 0.3) is 10.0 Å². The Balaban J connectivity index is 0.00000242. The fraction of sp³-hybridized carbons (Fsp3) is 0.385. The van der Waals surface area contributed by atoms with E-state index in [9.17, 15) is 13.2 Å². The van der Waals surface area contributed by atoms with Gasteiger partial charge < -0.3 is 15.5 Å². The van der Waals surface area contributed by atoms with Crippen LogP contribution in [0.5, 0.6) is 0 Å². The van der Waals surface area contributed by atoms with Crippen molar-refractivity contribution >= 4 is 34.2 Å². The van der Waals surface area contributed by atoms with E-state index < -0.39 is 10.0 Å². The second-order valence-corrected chi connectivity index (χ2v) is 6.27. The smallest absolute Gasteiger partial charge is 0.285 e. The second kappa shape index (κ2) is 7.57. The minimum absolute atomic E-state index is 0. The Hall–Kier alpha value is -1.64. The number of halogens is 1. The molecule has 0 aromatic heterocycles. The van der Waals surface area contributed by atoms with Crippen molar-refractivity contribution < 1.29 is 13.2 Å². The number of carbonyl (C=O) groups excluding carboxylic acids is 1. The van der Waals surface area contributed by atoms with Crippen LogP contribution in [-0.2, 0) is 14.8 Å². The van der Waals surface area contributed by atoms with Gasteiger partial charge in [0.2, 0.25) is 5.91 Å². The summed E-state index contributed by atoms with van der Waals surface area (Å²) in [6, 6.07) is 6.60. The van der Waals surface area contributed by atoms with Crippen molar-refractivity contribution in [3.05, 3.63) is 29.8 Å². The molecule has 1 heterocycles. The van der Waals surface area contributed by atoms with Crippen LogP contribution in [-0.4, -0.2) is 58.8 Å². The van der Waals surface area contributed by atoms with Gasteiger partial charge in [-0.3, -0.25) is 4.79 Å². The number of hydrogen-bond donors (Lipinski definition) is 2. The predicted octanol–water partition coefficient (Wildman–Crippen LogP) is -0.175. The highest BCUT2D eigenvalue weighted by molar-refractivity contribution is 7.90. The van der Waals surface area contributed by atoms with Gasteiger partial charge in [0.1, 0.15) is 4.90 Å². The molecular formula is C13H19ClN4O3S. The monoisotopic (exact) mass is 346 g/mol. The van der Waals surface area contributed by atoms with Crippen molar-refractivity contribution in [2.75, 3.05) is 33.7 Å². The summed E-state index contributed by atoms with van der Waals surface area (Å²) in [5, 5.41) is 5.66. The van der Waals surface area contributed by atoms with Crippen molar-refractivity contribution in [2.24, 2.45) is 4.40 Å². The lowest BCUT2D eigenvalue weighted by atomic mass is 10.2. The summed E-state index contributed by atoms with van der Waals surface area (Å²) in [6.45, 7) is 1.24. The molecule has 0 aliphatic carbocycles. The van der Waals surface area contributed by atoms with Gasteiger partial charge in [0, 0.05) is 25.7 Å². The van der Waals surface area contributed by atoms with Crippen LogP contribution in [0.3, 0.4) is 0 Å². The first kappa shape index (κ1) is 18.4. The number of nitrogens with zero attached hydrogens (tertiary/aromatic N) is 2. The molecule has 1 aliphatic rings. The van der Waals surface area contributed by atoms with E-state index in [0.29, 0.717) is 24.5 Å². The molecule has 0 fully saturated rings. The summed E-state index contributed by atoms with van der Waals surface area (Å²) < 4.78 is 27.6. The van der Waals surface area contributed by atoms with Gasteiger partial charge >= 0.3 is 0 Å². The number of amidine groups is 1. The first-order chi connectivity index (χ1) is 9.95. The van der Waals surface area contributed by atoms with Crippen LogP contribution in [0.25, 0.3) is 0 Å². The number of hydrogen-bond acceptors (Lipinski definition) is 5. The zero-order chi connectivity index (χ0) is 15.5. The lowest BCUT2D eigenvalue weighted by molar-refractivity contribution is -0.121. The molecule has 122 valence electrons. The number of sulfonamides is 1. The molecule has 1 aromatic rings. The molecule has 0 spiro atoms. The Labute approximate surface area is 136 Å². The van der Waals surface area contributed by atoms with E-state index in [1.54, 1.807) is 32.3 Å². The zero-order valence-electron chi connectivity index (χ0n) is 12.4. The molecular weight excluding hydrogens is 328 g/mol. The summed E-state index contributed by atoms with van der Waals surface area (Å²) in [5.41, 5.74) is 0.531. The van der Waals surface area contributed by atoms with Gasteiger partial charge in [-0.05, 0) is 19.2 Å². The molecule has 7 nitrogen and oxygen atoms in total. The minimum atomic E-state index is -3.65. The highest BCUT2D eigenvalue weighted by Crippen LogP contribution is 2.26. The summed E-state index contributed by atoms with van der Waals surface area (Å²) in [4.78, 5) is 13.5. The summed E-state index contributed by atoms with van der Waals surface area (Å²) in [5.74, 6) is 0.117. The van der Waals surface area contributed by atoms with Crippen LogP contribution in [0.2, 0.25) is 0 Å². The maximum Gasteiger partial charge on any atom is 0.285 e.